The van der Waals surface area contributed by atoms with E-state index in [4.69, 9.17) is 0 Å². The van der Waals surface area contributed by atoms with Crippen molar-refractivity contribution in [3.8, 4) is 0 Å². The normalized spacial score (nSPS) is 23.1. The van der Waals surface area contributed by atoms with Gasteiger partial charge < -0.3 is 5.32 Å². The van der Waals surface area contributed by atoms with E-state index < -0.39 is 30.3 Å². The number of imide groups is 2. The van der Waals surface area contributed by atoms with Gasteiger partial charge in [-0.3, -0.25) is 19.3 Å². The van der Waals surface area contributed by atoms with Gasteiger partial charge in [0.05, 0.1) is 0 Å². The first-order chi connectivity index (χ1) is 12.9. The van der Waals surface area contributed by atoms with Gasteiger partial charge in [0, 0.05) is 12.6 Å². The first kappa shape index (κ1) is 19.0. The molecular weight excluding hydrogens is 353 g/mol. The topological polar surface area (TPSA) is 86.8 Å². The van der Waals surface area contributed by atoms with Crippen molar-refractivity contribution in [3.63, 3.8) is 0 Å². The Morgan fingerprint density at radius 1 is 1.11 bits per heavy atom. The molecule has 27 heavy (non-hydrogen) atoms. The molecule has 3 rings (SSSR count). The van der Waals surface area contributed by atoms with Crippen LogP contribution in [0, 0.1) is 11.7 Å². The Morgan fingerprint density at radius 3 is 2.44 bits per heavy atom. The van der Waals surface area contributed by atoms with Crippen LogP contribution >= 0.6 is 0 Å². The summed E-state index contributed by atoms with van der Waals surface area (Å²) in [5.74, 6) is -2.63. The zero-order chi connectivity index (χ0) is 19.6. The molecule has 5 amide bonds. The van der Waals surface area contributed by atoms with Crippen molar-refractivity contribution in [1.82, 2.24) is 15.1 Å². The van der Waals surface area contributed by atoms with Gasteiger partial charge in [0.2, 0.25) is 5.91 Å². The Morgan fingerprint density at radius 2 is 1.78 bits per heavy atom. The van der Waals surface area contributed by atoms with Gasteiger partial charge in [0.25, 0.3) is 0 Å². The van der Waals surface area contributed by atoms with Gasteiger partial charge in [0.1, 0.15) is 12.4 Å². The first-order valence-corrected chi connectivity index (χ1v) is 9.08. The third-order valence-corrected chi connectivity index (χ3v) is 5.19. The number of nitrogens with one attached hydrogen (secondary N) is 1. The van der Waals surface area contributed by atoms with Crippen LogP contribution in [-0.2, 0) is 20.9 Å². The van der Waals surface area contributed by atoms with Crippen LogP contribution in [0.4, 0.5) is 9.18 Å². The van der Waals surface area contributed by atoms with E-state index in [-0.39, 0.29) is 24.3 Å². The highest BCUT2D eigenvalue weighted by atomic mass is 19.1. The maximum absolute atomic E-state index is 12.9. The molecular formula is C19H22FN3O4. The minimum atomic E-state index is -0.963. The highest BCUT2D eigenvalue weighted by molar-refractivity contribution is 6.45. The van der Waals surface area contributed by atoms with Gasteiger partial charge >= 0.3 is 17.8 Å². The molecule has 1 aromatic rings. The zero-order valence-corrected chi connectivity index (χ0v) is 15.1. The number of halogens is 1. The SMILES string of the molecule is C[C@H]1CCCC[C@@H]1N1C(=O)C(=O)N(CC(=O)NCc2ccc(F)cc2)C1=O. The van der Waals surface area contributed by atoms with Gasteiger partial charge in [-0.25, -0.2) is 14.1 Å². The lowest BCUT2D eigenvalue weighted by Crippen LogP contribution is -2.47. The summed E-state index contributed by atoms with van der Waals surface area (Å²) in [5.41, 5.74) is 0.678. The van der Waals surface area contributed by atoms with Crippen LogP contribution in [0.3, 0.4) is 0 Å². The summed E-state index contributed by atoms with van der Waals surface area (Å²) in [7, 11) is 0. The van der Waals surface area contributed by atoms with Crippen molar-refractivity contribution in [3.05, 3.63) is 35.6 Å². The van der Waals surface area contributed by atoms with Crippen LogP contribution in [-0.4, -0.2) is 46.1 Å². The zero-order valence-electron chi connectivity index (χ0n) is 15.1. The molecule has 1 aromatic carbocycles. The van der Waals surface area contributed by atoms with Crippen LogP contribution in [0.1, 0.15) is 38.2 Å². The molecule has 2 atom stereocenters. The lowest BCUT2D eigenvalue weighted by atomic mass is 9.85. The number of nitrogens with zero attached hydrogens (tertiary/aromatic N) is 2. The number of rotatable bonds is 5. The maximum Gasteiger partial charge on any atom is 0.334 e. The molecule has 1 saturated carbocycles. The Labute approximate surface area is 156 Å². The number of carbonyl (C=O) groups is 4. The van der Waals surface area contributed by atoms with Crippen molar-refractivity contribution < 1.29 is 23.6 Å². The standard InChI is InChI=1S/C19H22FN3O4/c1-12-4-2-3-5-15(12)23-18(26)17(25)22(19(23)27)11-16(24)21-10-13-6-8-14(20)9-7-13/h6-9,12,15H,2-5,10-11H2,1H3,(H,21,24)/t12-,15-/m0/s1. The second-order valence-corrected chi connectivity index (χ2v) is 7.08. The van der Waals surface area contributed by atoms with E-state index in [1.165, 1.54) is 24.3 Å². The van der Waals surface area contributed by atoms with Crippen LogP contribution in [0.25, 0.3) is 0 Å². The Kier molecular flexibility index (Phi) is 5.53. The minimum absolute atomic E-state index is 0.131. The van der Waals surface area contributed by atoms with Gasteiger partial charge in [-0.1, -0.05) is 31.9 Å². The molecule has 1 aliphatic heterocycles. The molecule has 0 unspecified atom stereocenters. The quantitative estimate of drug-likeness (QED) is 0.628. The summed E-state index contributed by atoms with van der Waals surface area (Å²) in [5, 5.41) is 2.57. The number of amides is 5. The van der Waals surface area contributed by atoms with E-state index in [1.807, 2.05) is 6.92 Å². The van der Waals surface area contributed by atoms with E-state index in [2.05, 4.69) is 5.32 Å². The summed E-state index contributed by atoms with van der Waals surface area (Å²) in [6.45, 7) is 1.59. The summed E-state index contributed by atoms with van der Waals surface area (Å²) in [6, 6.07) is 4.58. The Balaban J connectivity index is 1.61. The molecule has 1 aliphatic carbocycles. The molecule has 0 aromatic heterocycles. The molecule has 1 heterocycles. The highest BCUT2D eigenvalue weighted by Gasteiger charge is 2.49. The van der Waals surface area contributed by atoms with Crippen LogP contribution in [0.2, 0.25) is 0 Å². The lowest BCUT2D eigenvalue weighted by Gasteiger charge is -2.34. The molecule has 2 aliphatic rings. The third kappa shape index (κ3) is 3.99. The van der Waals surface area contributed by atoms with Crippen molar-refractivity contribution in [1.29, 1.82) is 0 Å². The Hall–Kier alpha value is -2.77. The summed E-state index contributed by atoms with van der Waals surface area (Å²) in [4.78, 5) is 51.0. The molecule has 1 N–H and O–H groups in total. The molecule has 1 saturated heterocycles. The van der Waals surface area contributed by atoms with Crippen LogP contribution in [0.15, 0.2) is 24.3 Å². The average molecular weight is 375 g/mol. The van der Waals surface area contributed by atoms with Crippen molar-refractivity contribution >= 4 is 23.8 Å². The molecule has 0 spiro atoms. The highest BCUT2D eigenvalue weighted by Crippen LogP contribution is 2.31. The van der Waals surface area contributed by atoms with Gasteiger partial charge in [0.15, 0.2) is 0 Å². The van der Waals surface area contributed by atoms with E-state index in [0.717, 1.165) is 24.2 Å². The molecule has 144 valence electrons. The Bertz CT molecular complexity index is 765. The summed E-state index contributed by atoms with van der Waals surface area (Å²) < 4.78 is 12.9. The summed E-state index contributed by atoms with van der Waals surface area (Å²) >= 11 is 0. The fourth-order valence-corrected chi connectivity index (χ4v) is 3.64. The number of urea groups is 1. The molecule has 0 bridgehead atoms. The predicted molar refractivity (Wildman–Crippen MR) is 93.6 cm³/mol. The summed E-state index contributed by atoms with van der Waals surface area (Å²) in [6.07, 6.45) is 3.51. The van der Waals surface area contributed by atoms with Crippen molar-refractivity contribution in [2.75, 3.05) is 6.54 Å². The minimum Gasteiger partial charge on any atom is -0.350 e. The molecule has 0 radical (unpaired) electrons. The molecule has 7 nitrogen and oxygen atoms in total. The largest absolute Gasteiger partial charge is 0.350 e. The van der Waals surface area contributed by atoms with Crippen molar-refractivity contribution in [2.24, 2.45) is 5.92 Å². The number of benzene rings is 1. The van der Waals surface area contributed by atoms with Crippen LogP contribution < -0.4 is 5.32 Å². The number of hydrogen-bond acceptors (Lipinski definition) is 4. The first-order valence-electron chi connectivity index (χ1n) is 9.08. The smallest absolute Gasteiger partial charge is 0.334 e. The van der Waals surface area contributed by atoms with Crippen LogP contribution in [0.5, 0.6) is 0 Å². The van der Waals surface area contributed by atoms with E-state index in [9.17, 15) is 23.6 Å². The average Bonchev–Trinajstić information content (AvgIpc) is 2.85. The molecule has 2 fully saturated rings. The fourth-order valence-electron chi connectivity index (χ4n) is 3.64. The lowest BCUT2D eigenvalue weighted by molar-refractivity contribution is -0.145. The maximum atomic E-state index is 12.9. The second-order valence-electron chi connectivity index (χ2n) is 7.08. The number of carbonyl (C=O) groups excluding carboxylic acids is 4. The van der Waals surface area contributed by atoms with E-state index in [1.54, 1.807) is 0 Å². The predicted octanol–water partition coefficient (Wildman–Crippen LogP) is 1.81. The van der Waals surface area contributed by atoms with E-state index in [0.29, 0.717) is 16.9 Å². The van der Waals surface area contributed by atoms with Gasteiger partial charge in [-0.05, 0) is 36.5 Å². The molecule has 8 heteroatoms. The third-order valence-electron chi connectivity index (χ3n) is 5.19. The second kappa shape index (κ2) is 7.85. The van der Waals surface area contributed by atoms with E-state index >= 15 is 0 Å². The fraction of sp³-hybridized carbons (Fsp3) is 0.474. The van der Waals surface area contributed by atoms with Crippen molar-refractivity contribution in [2.45, 2.75) is 45.2 Å². The van der Waals surface area contributed by atoms with Gasteiger partial charge in [-0.15, -0.1) is 0 Å². The monoisotopic (exact) mass is 375 g/mol. The number of hydrogen-bond donors (Lipinski definition) is 1. The van der Waals surface area contributed by atoms with Gasteiger partial charge in [-0.2, -0.15) is 0 Å².